The molecule has 0 aliphatic heterocycles. The molecule has 0 aliphatic carbocycles. The molecule has 2 aromatic rings. The van der Waals surface area contributed by atoms with E-state index in [2.05, 4.69) is 31.1 Å². The Morgan fingerprint density at radius 2 is 1.95 bits per heavy atom. The normalized spacial score (nSPS) is 12.6. The van der Waals surface area contributed by atoms with Crippen LogP contribution in [-0.2, 0) is 0 Å². The number of fused-ring (bicyclic) bond motifs is 1. The molecule has 0 spiro atoms. The fraction of sp³-hybridized carbons (Fsp3) is 0.333. The average Bonchev–Trinajstić information content (AvgIpc) is 2.38. The smallest absolute Gasteiger partial charge is 0.107 e. The van der Waals surface area contributed by atoms with Crippen molar-refractivity contribution < 1.29 is 0 Å². The summed E-state index contributed by atoms with van der Waals surface area (Å²) >= 11 is 5.13. The number of hydrogen-bond acceptors (Lipinski definition) is 3. The predicted octanol–water partition coefficient (Wildman–Crippen LogP) is 3.33. The predicted molar refractivity (Wildman–Crippen MR) is 85.6 cm³/mol. The third-order valence-corrected chi connectivity index (χ3v) is 3.63. The number of pyridine rings is 1. The summed E-state index contributed by atoms with van der Waals surface area (Å²) in [5.41, 5.74) is 8.55. The van der Waals surface area contributed by atoms with Gasteiger partial charge in [0.2, 0.25) is 0 Å². The van der Waals surface area contributed by atoms with Gasteiger partial charge < -0.3 is 11.1 Å². The lowest BCUT2D eigenvalue weighted by Gasteiger charge is -2.22. The number of nitrogens with zero attached hydrogens (tertiary/aromatic N) is 1. The Balaban J connectivity index is 2.59. The molecule has 0 bridgehead atoms. The van der Waals surface area contributed by atoms with Gasteiger partial charge in [-0.05, 0) is 18.9 Å². The summed E-state index contributed by atoms with van der Waals surface area (Å²) in [5, 5.41) is 4.58. The highest BCUT2D eigenvalue weighted by Crippen LogP contribution is 2.27. The minimum atomic E-state index is 0.332. The van der Waals surface area contributed by atoms with Crippen LogP contribution in [0, 0.1) is 5.92 Å². The van der Waals surface area contributed by atoms with E-state index >= 15 is 0 Å². The molecule has 3 nitrogen and oxygen atoms in total. The summed E-state index contributed by atoms with van der Waals surface area (Å²) in [6.45, 7) is 6.52. The molecule has 1 atom stereocenters. The van der Waals surface area contributed by atoms with E-state index in [0.29, 0.717) is 16.9 Å². The number of nitrogens with one attached hydrogen (secondary N) is 1. The van der Waals surface area contributed by atoms with Crippen LogP contribution in [0.25, 0.3) is 10.9 Å². The van der Waals surface area contributed by atoms with Crippen molar-refractivity contribution in [2.24, 2.45) is 11.7 Å². The van der Waals surface area contributed by atoms with E-state index in [1.807, 2.05) is 24.3 Å². The maximum Gasteiger partial charge on any atom is 0.107 e. The molecule has 19 heavy (non-hydrogen) atoms. The van der Waals surface area contributed by atoms with Gasteiger partial charge >= 0.3 is 0 Å². The lowest BCUT2D eigenvalue weighted by molar-refractivity contribution is 0.560. The number of aromatic nitrogens is 1. The van der Waals surface area contributed by atoms with Crippen molar-refractivity contribution in [2.45, 2.75) is 26.8 Å². The quantitative estimate of drug-likeness (QED) is 0.839. The second-order valence-corrected chi connectivity index (χ2v) is 5.55. The third kappa shape index (κ3) is 2.84. The minimum Gasteiger partial charge on any atom is -0.389 e. The number of anilines is 1. The topological polar surface area (TPSA) is 50.9 Å². The molecule has 100 valence electrons. The zero-order valence-electron chi connectivity index (χ0n) is 11.5. The monoisotopic (exact) mass is 273 g/mol. The number of nitrogens with two attached hydrogens (primary N) is 1. The van der Waals surface area contributed by atoms with E-state index in [1.54, 1.807) is 6.20 Å². The maximum absolute atomic E-state index is 5.81. The maximum atomic E-state index is 5.81. The van der Waals surface area contributed by atoms with E-state index in [1.165, 1.54) is 0 Å². The number of hydrogen-bond donors (Lipinski definition) is 2. The van der Waals surface area contributed by atoms with Crippen LogP contribution in [0.4, 0.5) is 5.69 Å². The van der Waals surface area contributed by atoms with Crippen molar-refractivity contribution in [1.82, 2.24) is 4.98 Å². The Bertz CT molecular complexity index is 607. The van der Waals surface area contributed by atoms with Gasteiger partial charge in [0.1, 0.15) is 4.99 Å². The van der Waals surface area contributed by atoms with Gasteiger partial charge in [-0.1, -0.05) is 44.3 Å². The first-order valence-electron chi connectivity index (χ1n) is 6.44. The van der Waals surface area contributed by atoms with Crippen LogP contribution in [0.15, 0.2) is 30.5 Å². The van der Waals surface area contributed by atoms with E-state index in [4.69, 9.17) is 18.0 Å². The minimum absolute atomic E-state index is 0.332. The molecule has 3 N–H and O–H groups in total. The van der Waals surface area contributed by atoms with Gasteiger partial charge in [-0.15, -0.1) is 0 Å². The molecule has 4 heteroatoms. The second kappa shape index (κ2) is 5.53. The molecule has 1 heterocycles. The van der Waals surface area contributed by atoms with Crippen LogP contribution < -0.4 is 11.1 Å². The average molecular weight is 273 g/mol. The summed E-state index contributed by atoms with van der Waals surface area (Å²) in [6.07, 6.45) is 1.75. The van der Waals surface area contributed by atoms with Crippen LogP contribution in [0.1, 0.15) is 26.3 Å². The molecule has 0 aliphatic rings. The van der Waals surface area contributed by atoms with Gasteiger partial charge in [0, 0.05) is 17.6 Å². The van der Waals surface area contributed by atoms with Crippen molar-refractivity contribution in [3.05, 3.63) is 36.0 Å². The highest BCUT2D eigenvalue weighted by molar-refractivity contribution is 7.80. The molecule has 0 radical (unpaired) electrons. The lowest BCUT2D eigenvalue weighted by atomic mass is 10.0. The number of para-hydroxylation sites is 1. The summed E-state index contributed by atoms with van der Waals surface area (Å²) in [6, 6.07) is 8.34. The first-order valence-corrected chi connectivity index (χ1v) is 6.85. The van der Waals surface area contributed by atoms with Gasteiger partial charge in [-0.25, -0.2) is 0 Å². The molecular weight excluding hydrogens is 254 g/mol. The lowest BCUT2D eigenvalue weighted by Crippen LogP contribution is -2.24. The summed E-state index contributed by atoms with van der Waals surface area (Å²) in [7, 11) is 0. The third-order valence-electron chi connectivity index (χ3n) is 3.41. The molecule has 1 aromatic heterocycles. The molecule has 2 rings (SSSR count). The molecule has 0 fully saturated rings. The fourth-order valence-corrected chi connectivity index (χ4v) is 2.03. The van der Waals surface area contributed by atoms with Crippen LogP contribution >= 0.6 is 12.2 Å². The van der Waals surface area contributed by atoms with E-state index in [9.17, 15) is 0 Å². The number of thiocarbonyl (C=S) groups is 1. The molecule has 0 saturated carbocycles. The van der Waals surface area contributed by atoms with Crippen LogP contribution in [-0.4, -0.2) is 16.0 Å². The van der Waals surface area contributed by atoms with Crippen LogP contribution in [0.3, 0.4) is 0 Å². The number of benzene rings is 1. The Hall–Kier alpha value is -1.68. The summed E-state index contributed by atoms with van der Waals surface area (Å²) < 4.78 is 0. The van der Waals surface area contributed by atoms with Gasteiger partial charge in [-0.2, -0.15) is 0 Å². The Morgan fingerprint density at radius 1 is 1.26 bits per heavy atom. The Labute approximate surface area is 119 Å². The van der Waals surface area contributed by atoms with Crippen molar-refractivity contribution in [3.8, 4) is 0 Å². The Morgan fingerprint density at radius 3 is 2.58 bits per heavy atom. The van der Waals surface area contributed by atoms with E-state index in [-0.39, 0.29) is 0 Å². The van der Waals surface area contributed by atoms with Gasteiger partial charge in [0.15, 0.2) is 0 Å². The molecular formula is C15H19N3S. The molecule has 0 amide bonds. The zero-order chi connectivity index (χ0) is 14.0. The Kier molecular flexibility index (Phi) is 4.00. The summed E-state index contributed by atoms with van der Waals surface area (Å²) in [4.78, 5) is 4.78. The van der Waals surface area contributed by atoms with Crippen molar-refractivity contribution >= 4 is 33.8 Å². The van der Waals surface area contributed by atoms with Gasteiger partial charge in [0.05, 0.1) is 16.8 Å². The van der Waals surface area contributed by atoms with Crippen molar-refractivity contribution in [1.29, 1.82) is 0 Å². The van der Waals surface area contributed by atoms with Gasteiger partial charge in [-0.3, -0.25) is 4.98 Å². The van der Waals surface area contributed by atoms with Crippen molar-refractivity contribution in [2.75, 3.05) is 5.32 Å². The zero-order valence-corrected chi connectivity index (χ0v) is 12.3. The highest BCUT2D eigenvalue weighted by atomic mass is 32.1. The number of rotatable bonds is 4. The molecule has 1 aromatic carbocycles. The highest BCUT2D eigenvalue weighted by Gasteiger charge is 2.14. The second-order valence-electron chi connectivity index (χ2n) is 5.11. The first kappa shape index (κ1) is 13.7. The standard InChI is InChI=1S/C15H19N3S/c1-9(2)10(3)18-14-11-6-4-5-7-13(11)17-8-12(14)15(16)19/h4-10H,1-3H3,(H2,16,19)(H,17,18). The SMILES string of the molecule is CC(C)C(C)Nc1c(C(N)=S)cnc2ccccc12. The van der Waals surface area contributed by atoms with E-state index < -0.39 is 0 Å². The van der Waals surface area contributed by atoms with Crippen LogP contribution in [0.5, 0.6) is 0 Å². The van der Waals surface area contributed by atoms with Crippen LogP contribution in [0.2, 0.25) is 0 Å². The molecule has 1 unspecified atom stereocenters. The largest absolute Gasteiger partial charge is 0.389 e. The molecule has 0 saturated heterocycles. The van der Waals surface area contributed by atoms with Gasteiger partial charge in [0.25, 0.3) is 0 Å². The van der Waals surface area contributed by atoms with E-state index in [0.717, 1.165) is 22.2 Å². The summed E-state index contributed by atoms with van der Waals surface area (Å²) in [5.74, 6) is 0.520. The first-order chi connectivity index (χ1) is 9.00. The fourth-order valence-electron chi connectivity index (χ4n) is 1.88. The van der Waals surface area contributed by atoms with Crippen molar-refractivity contribution in [3.63, 3.8) is 0 Å².